The van der Waals surface area contributed by atoms with Gasteiger partial charge in [-0.05, 0) is 48.6 Å². The van der Waals surface area contributed by atoms with Gasteiger partial charge in [0.2, 0.25) is 0 Å². The van der Waals surface area contributed by atoms with Crippen molar-refractivity contribution in [1.82, 2.24) is 10.4 Å². The van der Waals surface area contributed by atoms with Gasteiger partial charge in [0.05, 0.1) is 13.2 Å². The summed E-state index contributed by atoms with van der Waals surface area (Å²) in [7, 11) is 0. The lowest BCUT2D eigenvalue weighted by molar-refractivity contribution is -0.285. The Bertz CT molecular complexity index is 1180. The van der Waals surface area contributed by atoms with Crippen LogP contribution < -0.4 is 10.1 Å². The van der Waals surface area contributed by atoms with E-state index in [2.05, 4.69) is 12.2 Å². The predicted octanol–water partition coefficient (Wildman–Crippen LogP) is 8.03. The minimum absolute atomic E-state index is 0.124. The average molecular weight is 617 g/mol. The van der Waals surface area contributed by atoms with Crippen LogP contribution in [0.2, 0.25) is 0 Å². The standard InChI is InChI=1S/C31H41F5N2O5/c1-29(22-11-13-23(39)14-12-22)21-43-27-20-24(40)15-16-25(27)26(29)10-7-5-3-2-4-6-8-18-37-28(41)38(42)19-9-17-30(32,33)31(34,35)36/h11-16,20,26,39-40,42H,2-10,17-19,21H2,1H3,(H,37,41). The van der Waals surface area contributed by atoms with E-state index in [1.54, 1.807) is 24.3 Å². The van der Waals surface area contributed by atoms with Gasteiger partial charge in [-0.2, -0.15) is 22.0 Å². The zero-order valence-corrected chi connectivity index (χ0v) is 24.3. The molecule has 3 rings (SSSR count). The molecule has 1 aliphatic heterocycles. The summed E-state index contributed by atoms with van der Waals surface area (Å²) in [4.78, 5) is 11.8. The van der Waals surface area contributed by atoms with E-state index in [0.29, 0.717) is 18.8 Å². The topological polar surface area (TPSA) is 102 Å². The van der Waals surface area contributed by atoms with Crippen molar-refractivity contribution in [2.75, 3.05) is 19.7 Å². The van der Waals surface area contributed by atoms with E-state index < -0.39 is 37.5 Å². The zero-order valence-electron chi connectivity index (χ0n) is 24.3. The van der Waals surface area contributed by atoms with Gasteiger partial charge in [-0.25, -0.2) is 9.86 Å². The number of carbonyl (C=O) groups is 1. The van der Waals surface area contributed by atoms with Crippen LogP contribution in [0.4, 0.5) is 26.7 Å². The Morgan fingerprint density at radius 3 is 2.19 bits per heavy atom. The molecule has 1 heterocycles. The van der Waals surface area contributed by atoms with Crippen LogP contribution in [-0.4, -0.2) is 58.3 Å². The first-order valence-electron chi connectivity index (χ1n) is 14.7. The molecule has 0 spiro atoms. The second kappa shape index (κ2) is 14.9. The summed E-state index contributed by atoms with van der Waals surface area (Å²) < 4.78 is 68.4. The number of rotatable bonds is 15. The molecule has 7 nitrogen and oxygen atoms in total. The van der Waals surface area contributed by atoms with E-state index >= 15 is 0 Å². The predicted molar refractivity (Wildman–Crippen MR) is 151 cm³/mol. The van der Waals surface area contributed by atoms with Crippen molar-refractivity contribution in [3.63, 3.8) is 0 Å². The number of carbonyl (C=O) groups excluding carboxylic acids is 1. The van der Waals surface area contributed by atoms with E-state index in [1.807, 2.05) is 18.2 Å². The van der Waals surface area contributed by atoms with E-state index in [-0.39, 0.29) is 34.4 Å². The number of phenols is 2. The molecule has 2 unspecified atom stereocenters. The van der Waals surface area contributed by atoms with Gasteiger partial charge in [-0.15, -0.1) is 0 Å². The molecular weight excluding hydrogens is 575 g/mol. The molecule has 0 aromatic heterocycles. The molecule has 2 amide bonds. The lowest BCUT2D eigenvalue weighted by Gasteiger charge is -2.43. The Morgan fingerprint density at radius 1 is 0.930 bits per heavy atom. The molecule has 0 radical (unpaired) electrons. The molecule has 0 saturated heterocycles. The molecule has 240 valence electrons. The van der Waals surface area contributed by atoms with Gasteiger partial charge in [0.15, 0.2) is 0 Å². The number of hydrogen-bond acceptors (Lipinski definition) is 5. The van der Waals surface area contributed by atoms with E-state index in [1.165, 1.54) is 0 Å². The van der Waals surface area contributed by atoms with Crippen LogP contribution in [0.3, 0.4) is 0 Å². The number of amides is 2. The third-order valence-corrected chi connectivity index (χ3v) is 8.15. The summed E-state index contributed by atoms with van der Waals surface area (Å²) in [5.41, 5.74) is 1.83. The second-order valence-corrected chi connectivity index (χ2v) is 11.5. The first-order chi connectivity index (χ1) is 20.2. The smallest absolute Gasteiger partial charge is 0.453 e. The maximum atomic E-state index is 12.9. The quantitative estimate of drug-likeness (QED) is 0.0702. The fourth-order valence-corrected chi connectivity index (χ4v) is 5.55. The lowest BCUT2D eigenvalue weighted by Crippen LogP contribution is -2.40. The van der Waals surface area contributed by atoms with Gasteiger partial charge in [0.25, 0.3) is 0 Å². The number of benzene rings is 2. The van der Waals surface area contributed by atoms with E-state index in [0.717, 1.165) is 56.1 Å². The van der Waals surface area contributed by atoms with Crippen LogP contribution >= 0.6 is 0 Å². The molecule has 43 heavy (non-hydrogen) atoms. The monoisotopic (exact) mass is 616 g/mol. The SMILES string of the molecule is CC1(c2ccc(O)cc2)COc2cc(O)ccc2C1CCCCCCCCCNC(=O)N(O)CCCC(F)(F)C(F)(F)F. The number of unbranched alkanes of at least 4 members (excludes halogenated alkanes) is 6. The number of urea groups is 1. The van der Waals surface area contributed by atoms with Gasteiger partial charge in [-0.3, -0.25) is 5.21 Å². The molecule has 2 aromatic rings. The number of hydroxylamine groups is 2. The molecule has 1 aliphatic rings. The summed E-state index contributed by atoms with van der Waals surface area (Å²) in [6, 6.07) is 11.5. The van der Waals surface area contributed by atoms with Crippen LogP contribution in [0, 0.1) is 0 Å². The average Bonchev–Trinajstić information content (AvgIpc) is 2.94. The molecule has 4 N–H and O–H groups in total. The van der Waals surface area contributed by atoms with Crippen LogP contribution in [0.5, 0.6) is 17.2 Å². The first-order valence-corrected chi connectivity index (χ1v) is 14.7. The highest BCUT2D eigenvalue weighted by Gasteiger charge is 2.56. The van der Waals surface area contributed by atoms with Crippen molar-refractivity contribution in [2.45, 2.75) is 94.6 Å². The maximum Gasteiger partial charge on any atom is 0.453 e. The fourth-order valence-electron chi connectivity index (χ4n) is 5.55. The van der Waals surface area contributed by atoms with Gasteiger partial charge < -0.3 is 20.3 Å². The number of nitrogens with zero attached hydrogens (tertiary/aromatic N) is 1. The molecule has 0 bridgehead atoms. The molecule has 2 atom stereocenters. The highest BCUT2D eigenvalue weighted by molar-refractivity contribution is 5.72. The van der Waals surface area contributed by atoms with Gasteiger partial charge in [-0.1, -0.05) is 63.6 Å². The number of hydrogen-bond donors (Lipinski definition) is 4. The van der Waals surface area contributed by atoms with Crippen molar-refractivity contribution in [1.29, 1.82) is 0 Å². The normalized spacial score (nSPS) is 18.5. The van der Waals surface area contributed by atoms with Crippen LogP contribution in [0.1, 0.15) is 88.2 Å². The first kappa shape index (κ1) is 34.2. The number of nitrogens with one attached hydrogen (secondary N) is 1. The van der Waals surface area contributed by atoms with Gasteiger partial charge in [0, 0.05) is 30.4 Å². The minimum atomic E-state index is -5.66. The van der Waals surface area contributed by atoms with Crippen molar-refractivity contribution in [2.24, 2.45) is 0 Å². The Kier molecular flexibility index (Phi) is 11.9. The Balaban J connectivity index is 1.34. The van der Waals surface area contributed by atoms with Crippen molar-refractivity contribution in [3.8, 4) is 17.2 Å². The molecular formula is C31H41F5N2O5. The number of fused-ring (bicyclic) bond motifs is 1. The summed E-state index contributed by atoms with van der Waals surface area (Å²) in [5, 5.41) is 31.8. The fraction of sp³-hybridized carbons (Fsp3) is 0.581. The van der Waals surface area contributed by atoms with Crippen molar-refractivity contribution >= 4 is 6.03 Å². The summed E-state index contributed by atoms with van der Waals surface area (Å²) in [5.74, 6) is -3.64. The van der Waals surface area contributed by atoms with Crippen molar-refractivity contribution < 1.29 is 46.9 Å². The molecule has 2 aromatic carbocycles. The van der Waals surface area contributed by atoms with Gasteiger partial charge >= 0.3 is 18.1 Å². The van der Waals surface area contributed by atoms with Crippen LogP contribution in [0.15, 0.2) is 42.5 Å². The highest BCUT2D eigenvalue weighted by atomic mass is 19.4. The number of halogens is 5. The molecule has 0 aliphatic carbocycles. The molecule has 12 heteroatoms. The zero-order chi connectivity index (χ0) is 31.7. The third kappa shape index (κ3) is 9.35. The second-order valence-electron chi connectivity index (χ2n) is 11.5. The Morgan fingerprint density at radius 2 is 1.53 bits per heavy atom. The van der Waals surface area contributed by atoms with Crippen LogP contribution in [-0.2, 0) is 5.41 Å². The summed E-state index contributed by atoms with van der Waals surface area (Å²) in [6.45, 7) is 2.25. The summed E-state index contributed by atoms with van der Waals surface area (Å²) >= 11 is 0. The summed E-state index contributed by atoms with van der Waals surface area (Å²) in [6.07, 6.45) is -0.470. The highest BCUT2D eigenvalue weighted by Crippen LogP contribution is 2.49. The maximum absolute atomic E-state index is 12.9. The number of phenolic OH excluding ortho intramolecular Hbond substituents is 2. The molecule has 0 saturated carbocycles. The largest absolute Gasteiger partial charge is 0.508 e. The Hall–Kier alpha value is -3.28. The van der Waals surface area contributed by atoms with E-state index in [4.69, 9.17) is 4.74 Å². The lowest BCUT2D eigenvalue weighted by atomic mass is 9.66. The Labute approximate surface area is 248 Å². The molecule has 0 fully saturated rings. The minimum Gasteiger partial charge on any atom is -0.508 e. The number of ether oxygens (including phenoxy) is 1. The third-order valence-electron chi connectivity index (χ3n) is 8.15. The number of alkyl halides is 5. The van der Waals surface area contributed by atoms with E-state index in [9.17, 15) is 42.2 Å². The van der Waals surface area contributed by atoms with Crippen molar-refractivity contribution in [3.05, 3.63) is 53.6 Å². The van der Waals surface area contributed by atoms with Gasteiger partial charge in [0.1, 0.15) is 17.2 Å². The number of aromatic hydroxyl groups is 2. The van der Waals surface area contributed by atoms with Crippen LogP contribution in [0.25, 0.3) is 0 Å².